The van der Waals surface area contributed by atoms with Crippen LogP contribution in [-0.4, -0.2) is 19.3 Å². The summed E-state index contributed by atoms with van der Waals surface area (Å²) in [5.74, 6) is 1.79. The fourth-order valence-electron chi connectivity index (χ4n) is 2.22. The average Bonchev–Trinajstić information content (AvgIpc) is 2.94. The van der Waals surface area contributed by atoms with E-state index in [0.29, 0.717) is 6.10 Å². The summed E-state index contributed by atoms with van der Waals surface area (Å²) in [6.45, 7) is 8.54. The number of benzene rings is 1. The molecule has 1 heterocycles. The molecule has 0 fully saturated rings. The van der Waals surface area contributed by atoms with E-state index in [1.807, 2.05) is 37.3 Å². The van der Waals surface area contributed by atoms with E-state index in [2.05, 4.69) is 19.2 Å². The van der Waals surface area contributed by atoms with Gasteiger partial charge in [-0.2, -0.15) is 0 Å². The number of nitrogens with one attached hydrogen (secondary N) is 1. The highest BCUT2D eigenvalue weighted by Crippen LogP contribution is 2.29. The Balaban J connectivity index is 0.00000264. The van der Waals surface area contributed by atoms with Crippen molar-refractivity contribution in [1.29, 1.82) is 0 Å². The summed E-state index contributed by atoms with van der Waals surface area (Å²) < 4.78 is 11.4. The molecule has 0 saturated heterocycles. The van der Waals surface area contributed by atoms with E-state index >= 15 is 0 Å². The van der Waals surface area contributed by atoms with Crippen LogP contribution in [-0.2, 0) is 11.3 Å². The molecule has 2 aromatic rings. The van der Waals surface area contributed by atoms with Crippen LogP contribution in [0.4, 0.5) is 0 Å². The predicted molar refractivity (Wildman–Crippen MR) is 98.6 cm³/mol. The minimum Gasteiger partial charge on any atom is -0.460 e. The van der Waals surface area contributed by atoms with Crippen molar-refractivity contribution in [2.45, 2.75) is 39.8 Å². The molecule has 0 radical (unpaired) electrons. The maximum atomic E-state index is 6.16. The maximum Gasteiger partial charge on any atom is 0.134 e. The van der Waals surface area contributed by atoms with Crippen molar-refractivity contribution < 1.29 is 9.15 Å². The summed E-state index contributed by atoms with van der Waals surface area (Å²) in [5.41, 5.74) is 2.09. The van der Waals surface area contributed by atoms with Gasteiger partial charge in [-0.25, -0.2) is 0 Å². The van der Waals surface area contributed by atoms with Gasteiger partial charge in [0.25, 0.3) is 0 Å². The average molecular weight is 358 g/mol. The van der Waals surface area contributed by atoms with Gasteiger partial charge in [-0.1, -0.05) is 23.7 Å². The Kier molecular flexibility index (Phi) is 8.71. The Bertz CT molecular complexity index is 596. The molecule has 0 bridgehead atoms. The van der Waals surface area contributed by atoms with Crippen molar-refractivity contribution >= 4 is 24.0 Å². The Morgan fingerprint density at radius 3 is 2.74 bits per heavy atom. The minimum absolute atomic E-state index is 0. The molecule has 0 saturated carbocycles. The van der Waals surface area contributed by atoms with Crippen molar-refractivity contribution in [2.75, 3.05) is 13.2 Å². The van der Waals surface area contributed by atoms with Crippen LogP contribution in [0.5, 0.6) is 0 Å². The molecule has 1 aromatic heterocycles. The summed E-state index contributed by atoms with van der Waals surface area (Å²) in [7, 11) is 0. The van der Waals surface area contributed by atoms with Crippen LogP contribution >= 0.6 is 24.0 Å². The van der Waals surface area contributed by atoms with Crippen LogP contribution in [0.2, 0.25) is 5.02 Å². The number of hydrogen-bond donors (Lipinski definition) is 1. The summed E-state index contributed by atoms with van der Waals surface area (Å²) in [6, 6.07) is 9.87. The quantitative estimate of drug-likeness (QED) is 0.656. The highest BCUT2D eigenvalue weighted by Gasteiger charge is 2.09. The second-order valence-corrected chi connectivity index (χ2v) is 6.04. The van der Waals surface area contributed by atoms with Crippen molar-refractivity contribution in [3.63, 3.8) is 0 Å². The minimum atomic E-state index is 0. The third-order valence-corrected chi connectivity index (χ3v) is 3.85. The third-order valence-electron chi connectivity index (χ3n) is 3.44. The van der Waals surface area contributed by atoms with Crippen molar-refractivity contribution in [3.8, 4) is 11.3 Å². The Labute approximate surface area is 149 Å². The number of hydrogen-bond acceptors (Lipinski definition) is 3. The zero-order valence-electron chi connectivity index (χ0n) is 13.9. The van der Waals surface area contributed by atoms with Gasteiger partial charge in [0.2, 0.25) is 0 Å². The molecule has 0 atom stereocenters. The summed E-state index contributed by atoms with van der Waals surface area (Å²) in [6.07, 6.45) is 1.30. The Hall–Kier alpha value is -1.00. The van der Waals surface area contributed by atoms with Crippen LogP contribution in [0, 0.1) is 6.92 Å². The number of ether oxygens (including phenoxy) is 1. The molecular formula is C18H25Cl2NO2. The molecule has 0 amide bonds. The van der Waals surface area contributed by atoms with Crippen molar-refractivity contribution in [2.24, 2.45) is 0 Å². The highest BCUT2D eigenvalue weighted by atomic mass is 35.5. The third kappa shape index (κ3) is 6.19. The molecule has 0 aliphatic rings. The smallest absolute Gasteiger partial charge is 0.134 e. The van der Waals surface area contributed by atoms with Crippen LogP contribution in [0.25, 0.3) is 11.3 Å². The first-order valence-electron chi connectivity index (χ1n) is 7.74. The number of rotatable bonds is 8. The van der Waals surface area contributed by atoms with E-state index in [1.165, 1.54) is 0 Å². The zero-order valence-corrected chi connectivity index (χ0v) is 15.5. The second-order valence-electron chi connectivity index (χ2n) is 5.63. The molecule has 0 unspecified atom stereocenters. The van der Waals surface area contributed by atoms with Gasteiger partial charge in [0.1, 0.15) is 11.5 Å². The first-order chi connectivity index (χ1) is 10.6. The molecule has 3 nitrogen and oxygen atoms in total. The van der Waals surface area contributed by atoms with E-state index in [1.54, 1.807) is 0 Å². The first-order valence-corrected chi connectivity index (χ1v) is 8.12. The summed E-state index contributed by atoms with van der Waals surface area (Å²) in [4.78, 5) is 0. The first kappa shape index (κ1) is 20.0. The molecule has 0 aliphatic heterocycles. The van der Waals surface area contributed by atoms with E-state index in [9.17, 15) is 0 Å². The zero-order chi connectivity index (χ0) is 15.9. The maximum absolute atomic E-state index is 6.16. The highest BCUT2D eigenvalue weighted by molar-refractivity contribution is 6.31. The lowest BCUT2D eigenvalue weighted by atomic mass is 10.1. The predicted octanol–water partition coefficient (Wildman–Crippen LogP) is 5.23. The molecule has 5 heteroatoms. The van der Waals surface area contributed by atoms with Gasteiger partial charge in [0.05, 0.1) is 12.6 Å². The van der Waals surface area contributed by atoms with Gasteiger partial charge < -0.3 is 14.5 Å². The summed E-state index contributed by atoms with van der Waals surface area (Å²) >= 11 is 6.16. The molecule has 128 valence electrons. The topological polar surface area (TPSA) is 34.4 Å². The molecule has 0 aliphatic carbocycles. The van der Waals surface area contributed by atoms with Gasteiger partial charge in [-0.05, 0) is 57.5 Å². The fourth-order valence-corrected chi connectivity index (χ4v) is 2.39. The molecule has 2 rings (SSSR count). The molecule has 1 aromatic carbocycles. The lowest BCUT2D eigenvalue weighted by Gasteiger charge is -2.07. The normalized spacial score (nSPS) is 10.8. The standard InChI is InChI=1S/C18H24ClNO2.ClH/c1-13(2)21-11-5-10-20-12-15-8-9-18(22-15)16-6-4-7-17(19)14(16)3;/h4,6-9,13,20H,5,10-12H2,1-3H3;1H. The van der Waals surface area contributed by atoms with Crippen LogP contribution in [0.15, 0.2) is 34.7 Å². The van der Waals surface area contributed by atoms with Gasteiger partial charge in [-0.15, -0.1) is 12.4 Å². The van der Waals surface area contributed by atoms with Gasteiger partial charge in [0, 0.05) is 17.2 Å². The van der Waals surface area contributed by atoms with Crippen molar-refractivity contribution in [3.05, 3.63) is 46.7 Å². The van der Waals surface area contributed by atoms with E-state index in [0.717, 1.165) is 53.8 Å². The molecule has 23 heavy (non-hydrogen) atoms. The Morgan fingerprint density at radius 2 is 2.00 bits per heavy atom. The fraction of sp³-hybridized carbons (Fsp3) is 0.444. The second kappa shape index (κ2) is 9.99. The lowest BCUT2D eigenvalue weighted by Crippen LogP contribution is -2.17. The van der Waals surface area contributed by atoms with E-state index < -0.39 is 0 Å². The monoisotopic (exact) mass is 357 g/mol. The number of halogens is 2. The number of furan rings is 1. The van der Waals surface area contributed by atoms with E-state index in [4.69, 9.17) is 20.8 Å². The SMILES string of the molecule is Cc1c(Cl)cccc1-c1ccc(CNCCCOC(C)C)o1.Cl. The van der Waals surface area contributed by atoms with Gasteiger partial charge in [0.15, 0.2) is 0 Å². The lowest BCUT2D eigenvalue weighted by molar-refractivity contribution is 0.0770. The van der Waals surface area contributed by atoms with Gasteiger partial charge in [-0.3, -0.25) is 0 Å². The summed E-state index contributed by atoms with van der Waals surface area (Å²) in [5, 5.41) is 4.13. The Morgan fingerprint density at radius 1 is 1.22 bits per heavy atom. The molecule has 0 spiro atoms. The van der Waals surface area contributed by atoms with Crippen LogP contribution in [0.1, 0.15) is 31.6 Å². The van der Waals surface area contributed by atoms with Gasteiger partial charge >= 0.3 is 0 Å². The van der Waals surface area contributed by atoms with E-state index in [-0.39, 0.29) is 12.4 Å². The molecule has 1 N–H and O–H groups in total. The van der Waals surface area contributed by atoms with Crippen LogP contribution in [0.3, 0.4) is 0 Å². The molecular weight excluding hydrogens is 333 g/mol. The van der Waals surface area contributed by atoms with Crippen LogP contribution < -0.4 is 5.32 Å². The largest absolute Gasteiger partial charge is 0.460 e. The van der Waals surface area contributed by atoms with Crippen molar-refractivity contribution in [1.82, 2.24) is 5.32 Å².